The minimum Gasteiger partial charge on any atom is -0.668 e. The Kier molecular flexibility index (Phi) is 27.2. The second-order valence-electron chi connectivity index (χ2n) is 5.34. The van der Waals surface area contributed by atoms with Gasteiger partial charge in [0.2, 0.25) is 0 Å². The number of hydrogen-bond acceptors (Lipinski definition) is 0. The minimum absolute atomic E-state index is 0. The first-order chi connectivity index (χ1) is 8.38. The molecule has 1 fully saturated rings. The molecule has 1 aliphatic rings. The largest absolute Gasteiger partial charge is 4.00 e. The molecule has 0 aromatic rings. The molecule has 3 nitrogen and oxygen atoms in total. The number of halogens is 1. The Morgan fingerprint density at radius 3 is 1.65 bits per heavy atom. The Morgan fingerprint density at radius 2 is 1.40 bits per heavy atom. The van der Waals surface area contributed by atoms with E-state index in [2.05, 4.69) is 44.6 Å². The third kappa shape index (κ3) is 17.5. The van der Waals surface area contributed by atoms with E-state index in [4.69, 9.17) is 0 Å². The van der Waals surface area contributed by atoms with Gasteiger partial charge in [0.05, 0.1) is 0 Å². The van der Waals surface area contributed by atoms with Crippen LogP contribution in [-0.2, 0) is 25.8 Å². The van der Waals surface area contributed by atoms with Gasteiger partial charge in [0.25, 0.3) is 0 Å². The van der Waals surface area contributed by atoms with Crippen LogP contribution in [0, 0.1) is 13.3 Å². The molecule has 120 valence electrons. The van der Waals surface area contributed by atoms with Gasteiger partial charge >= 0.3 is 25.8 Å². The van der Waals surface area contributed by atoms with Crippen molar-refractivity contribution in [3.8, 4) is 0 Å². The van der Waals surface area contributed by atoms with Crippen LogP contribution in [0.1, 0.15) is 19.3 Å². The van der Waals surface area contributed by atoms with Crippen molar-refractivity contribution in [2.45, 2.75) is 43.2 Å². The molecule has 0 heterocycles. The van der Waals surface area contributed by atoms with E-state index < -0.39 is 8.24 Å². The predicted octanol–water partition coefficient (Wildman–Crippen LogP) is 5.45. The van der Waals surface area contributed by atoms with E-state index in [-0.39, 0.29) is 33.3 Å². The number of nitrogens with zero attached hydrogens (tertiary/aromatic N) is 3. The van der Waals surface area contributed by atoms with Crippen molar-refractivity contribution in [1.82, 2.24) is 0 Å². The standard InChI is InChI=1S/C9H19BrNSi.2C2H6N.CH3.Hf/c1-11-12(2,3)7-8-5-4-6-9(8)10;2*1-3-2;;/h8-9H,4-7H2,1-3H3;2*1-2H3;1H3;/q4*-1;+4. The molecule has 2 unspecified atom stereocenters. The molecular formula is C14H34BrHfN3Si. The van der Waals surface area contributed by atoms with Crippen molar-refractivity contribution in [2.75, 3.05) is 35.2 Å². The summed E-state index contributed by atoms with van der Waals surface area (Å²) in [5, 5.41) is 7.00. The van der Waals surface area contributed by atoms with Crippen LogP contribution < -0.4 is 0 Å². The van der Waals surface area contributed by atoms with Crippen LogP contribution in [0.3, 0.4) is 0 Å². The first kappa shape index (κ1) is 29.5. The number of rotatable bonds is 3. The summed E-state index contributed by atoms with van der Waals surface area (Å²) in [7, 11) is 7.80. The fraction of sp³-hybridized carbons (Fsp3) is 0.929. The molecule has 0 N–H and O–H groups in total. The van der Waals surface area contributed by atoms with E-state index in [9.17, 15) is 0 Å². The summed E-state index contributed by atoms with van der Waals surface area (Å²) >= 11 is 3.77. The molecule has 6 heteroatoms. The molecule has 20 heavy (non-hydrogen) atoms. The maximum absolute atomic E-state index is 4.54. The molecule has 0 amide bonds. The van der Waals surface area contributed by atoms with Gasteiger partial charge in [0, 0.05) is 4.83 Å². The molecule has 0 aromatic carbocycles. The molecule has 0 radical (unpaired) electrons. The molecule has 2 atom stereocenters. The first-order valence-electron chi connectivity index (χ1n) is 6.59. The molecule has 1 aliphatic carbocycles. The van der Waals surface area contributed by atoms with Crippen LogP contribution in [0.2, 0.25) is 19.1 Å². The molecule has 0 saturated heterocycles. The van der Waals surface area contributed by atoms with Crippen LogP contribution >= 0.6 is 15.9 Å². The van der Waals surface area contributed by atoms with Crippen molar-refractivity contribution in [3.05, 3.63) is 23.0 Å². The van der Waals surface area contributed by atoms with Crippen LogP contribution in [0.15, 0.2) is 0 Å². The third-order valence-electron chi connectivity index (χ3n) is 2.93. The molecule has 0 aromatic heterocycles. The normalized spacial score (nSPS) is 20.4. The van der Waals surface area contributed by atoms with E-state index in [0.29, 0.717) is 0 Å². The van der Waals surface area contributed by atoms with Crippen molar-refractivity contribution >= 4 is 24.2 Å². The smallest absolute Gasteiger partial charge is 0.668 e. The fourth-order valence-electron chi connectivity index (χ4n) is 1.95. The van der Waals surface area contributed by atoms with Crippen LogP contribution in [0.25, 0.3) is 15.6 Å². The fourth-order valence-corrected chi connectivity index (χ4v) is 5.03. The Balaban J connectivity index is -0.000000139. The van der Waals surface area contributed by atoms with Crippen LogP contribution in [0.4, 0.5) is 0 Å². The number of alkyl halides is 1. The molecule has 0 bridgehead atoms. The summed E-state index contributed by atoms with van der Waals surface area (Å²) in [4.78, 5) is 5.32. The zero-order valence-corrected chi connectivity index (χ0v) is 20.9. The third-order valence-corrected chi connectivity index (χ3v) is 6.87. The van der Waals surface area contributed by atoms with Gasteiger partial charge < -0.3 is 23.0 Å². The summed E-state index contributed by atoms with van der Waals surface area (Å²) in [6.07, 6.45) is 4.20. The zero-order valence-electron chi connectivity index (χ0n) is 14.7. The van der Waals surface area contributed by atoms with E-state index in [1.807, 2.05) is 7.05 Å². The van der Waals surface area contributed by atoms with Gasteiger partial charge in [-0.25, -0.2) is 0 Å². The average molecular weight is 531 g/mol. The van der Waals surface area contributed by atoms with Crippen LogP contribution in [0.5, 0.6) is 0 Å². The van der Waals surface area contributed by atoms with Gasteiger partial charge in [-0.2, -0.15) is 35.2 Å². The average Bonchev–Trinajstić information content (AvgIpc) is 2.66. The van der Waals surface area contributed by atoms with Gasteiger partial charge in [-0.05, 0) is 18.8 Å². The van der Waals surface area contributed by atoms with Crippen molar-refractivity contribution in [3.63, 3.8) is 0 Å². The summed E-state index contributed by atoms with van der Waals surface area (Å²) < 4.78 is 0. The summed E-state index contributed by atoms with van der Waals surface area (Å²) in [6.45, 7) is 4.73. The summed E-state index contributed by atoms with van der Waals surface area (Å²) in [6, 6.07) is 1.37. The van der Waals surface area contributed by atoms with Gasteiger partial charge in [0.15, 0.2) is 0 Å². The Bertz CT molecular complexity index is 184. The molecule has 0 aliphatic heterocycles. The number of hydrogen-bond donors (Lipinski definition) is 0. The Hall–Kier alpha value is 1.45. The van der Waals surface area contributed by atoms with Gasteiger partial charge in [0.1, 0.15) is 0 Å². The monoisotopic (exact) mass is 531 g/mol. The van der Waals surface area contributed by atoms with Gasteiger partial charge in [-0.1, -0.05) is 49.7 Å². The molecule has 1 saturated carbocycles. The second kappa shape index (κ2) is 18.5. The van der Waals surface area contributed by atoms with E-state index in [1.165, 1.54) is 25.3 Å². The summed E-state index contributed by atoms with van der Waals surface area (Å²) in [5.41, 5.74) is 0. The predicted molar refractivity (Wildman–Crippen MR) is 98.5 cm³/mol. The van der Waals surface area contributed by atoms with Crippen LogP contribution in [-0.4, -0.2) is 48.3 Å². The van der Waals surface area contributed by atoms with Gasteiger partial charge in [-0.3, -0.25) is 0 Å². The van der Waals surface area contributed by atoms with E-state index >= 15 is 0 Å². The van der Waals surface area contributed by atoms with E-state index in [1.54, 1.807) is 28.2 Å². The maximum Gasteiger partial charge on any atom is 4.00 e. The van der Waals surface area contributed by atoms with Crippen molar-refractivity contribution in [1.29, 1.82) is 0 Å². The molecular weight excluding hydrogens is 497 g/mol. The quantitative estimate of drug-likeness (QED) is 0.265. The minimum atomic E-state index is -1.19. The Labute approximate surface area is 156 Å². The zero-order chi connectivity index (χ0) is 14.6. The van der Waals surface area contributed by atoms with Crippen molar-refractivity contribution < 1.29 is 25.8 Å². The maximum atomic E-state index is 4.54. The molecule has 0 spiro atoms. The first-order valence-corrected chi connectivity index (χ1v) is 10.7. The van der Waals surface area contributed by atoms with E-state index in [0.717, 1.165) is 10.7 Å². The van der Waals surface area contributed by atoms with Crippen molar-refractivity contribution in [2.24, 2.45) is 5.92 Å². The Morgan fingerprint density at radius 1 is 1.00 bits per heavy atom. The van der Waals surface area contributed by atoms with Gasteiger partial charge in [-0.15, -0.1) is 0 Å². The second-order valence-corrected chi connectivity index (χ2v) is 11.0. The summed E-state index contributed by atoms with van der Waals surface area (Å²) in [5.74, 6) is 0.912. The molecule has 1 rings (SSSR count). The SMILES string of the molecule is C[N-]C.C[N-]C.C[N-][Si](C)(C)CC1CCCC1Br.[CH3-].[Hf+4]. The topological polar surface area (TPSA) is 42.3 Å².